The fraction of sp³-hybridized carbons (Fsp3) is 0.864. The summed E-state index contributed by atoms with van der Waals surface area (Å²) in [6.07, 6.45) is 0. The maximum atomic E-state index is 12.1. The second kappa shape index (κ2) is 37.7. The largest absolute Gasteiger partial charge is 0.464 e. The summed E-state index contributed by atoms with van der Waals surface area (Å²) in [4.78, 5) is 35.0. The summed E-state index contributed by atoms with van der Waals surface area (Å²) in [6.45, 7) is 0.660. The van der Waals surface area contributed by atoms with Crippen LogP contribution in [0.2, 0.25) is 0 Å². The molecule has 0 saturated carbocycles. The molecule has 0 bridgehead atoms. The molecule has 1 atom stereocenters. The van der Waals surface area contributed by atoms with E-state index in [1.54, 1.807) is 82.3 Å². The van der Waals surface area contributed by atoms with Crippen LogP contribution in [-0.4, -0.2) is 138 Å². The molecule has 0 spiro atoms. The number of carbonyl (C=O) groups is 3. The van der Waals surface area contributed by atoms with Crippen LogP contribution < -0.4 is 0 Å². The van der Waals surface area contributed by atoms with Gasteiger partial charge in [0.1, 0.15) is 13.2 Å². The molecule has 2 N–H and O–H groups in total. The summed E-state index contributed by atoms with van der Waals surface area (Å²) < 4.78 is 22.2. The summed E-state index contributed by atoms with van der Waals surface area (Å²) >= 11 is 19.1. The lowest BCUT2D eigenvalue weighted by atomic mass is 10.8. The van der Waals surface area contributed by atoms with Crippen molar-refractivity contribution in [2.45, 2.75) is 0 Å². The summed E-state index contributed by atoms with van der Waals surface area (Å²) in [5.41, 5.74) is 0. The Kier molecular flexibility index (Phi) is 40.2. The van der Waals surface area contributed by atoms with E-state index in [-0.39, 0.29) is 28.9 Å². The molecule has 0 saturated heterocycles. The summed E-state index contributed by atoms with van der Waals surface area (Å²) in [5, 5.41) is 24.0. The molecule has 254 valence electrons. The minimum atomic E-state index is -0.819. The van der Waals surface area contributed by atoms with E-state index < -0.39 is 10.8 Å². The molecule has 0 aromatic heterocycles. The Morgan fingerprint density at radius 2 is 1.00 bits per heavy atom. The maximum Gasteiger partial charge on any atom is 0.315 e. The average molecular weight is 849 g/mol. The van der Waals surface area contributed by atoms with Gasteiger partial charge in [0.15, 0.2) is 5.12 Å². The van der Waals surface area contributed by atoms with E-state index in [1.807, 2.05) is 0 Å². The van der Waals surface area contributed by atoms with Crippen LogP contribution in [0.3, 0.4) is 0 Å². The molecule has 0 rings (SSSR count). The van der Waals surface area contributed by atoms with Crippen molar-refractivity contribution in [1.29, 1.82) is 0 Å². The second-order valence-corrected chi connectivity index (χ2v) is 23.8. The van der Waals surface area contributed by atoms with Crippen molar-refractivity contribution < 1.29 is 38.3 Å². The molecular weight excluding hydrogens is 809 g/mol. The van der Waals surface area contributed by atoms with Crippen LogP contribution in [0.15, 0.2) is 0 Å². The highest BCUT2D eigenvalue weighted by Crippen LogP contribution is 2.24. The summed E-state index contributed by atoms with van der Waals surface area (Å²) in [5.74, 6) is 3.53. The van der Waals surface area contributed by atoms with Crippen molar-refractivity contribution in [3.63, 3.8) is 0 Å². The van der Waals surface area contributed by atoms with Gasteiger partial charge in [-0.15, -0.1) is 118 Å². The highest BCUT2D eigenvalue weighted by atomic mass is 32.3. The van der Waals surface area contributed by atoms with E-state index in [0.29, 0.717) is 52.8 Å². The zero-order valence-corrected chi connectivity index (χ0v) is 34.2. The molecule has 0 heterocycles. The number of esters is 2. The lowest BCUT2D eigenvalue weighted by Gasteiger charge is -2.05. The lowest BCUT2D eigenvalue weighted by molar-refractivity contribution is -0.140. The molecular formula is C22H40O8S13. The van der Waals surface area contributed by atoms with Crippen LogP contribution in [0.1, 0.15) is 0 Å². The van der Waals surface area contributed by atoms with E-state index >= 15 is 0 Å². The highest BCUT2D eigenvalue weighted by molar-refractivity contribution is 8.30. The van der Waals surface area contributed by atoms with Gasteiger partial charge >= 0.3 is 11.9 Å². The van der Waals surface area contributed by atoms with Crippen LogP contribution in [0.4, 0.5) is 0 Å². The Labute approximate surface area is 310 Å². The Morgan fingerprint density at radius 1 is 0.535 bits per heavy atom. The number of thioether (sulfide) groups is 12. The third-order valence-electron chi connectivity index (χ3n) is 3.80. The third kappa shape index (κ3) is 37.5. The Hall–Kier alpha value is 2.88. The first-order chi connectivity index (χ1) is 21.0. The number of hydrogen-bond donors (Lipinski definition) is 2. The van der Waals surface area contributed by atoms with Crippen LogP contribution in [-0.2, 0) is 34.7 Å². The molecule has 0 aromatic carbocycles. The monoisotopic (exact) mass is 848 g/mol. The number of ether oxygens (including phenoxy) is 2. The van der Waals surface area contributed by atoms with Crippen molar-refractivity contribution in [3.05, 3.63) is 0 Å². The van der Waals surface area contributed by atoms with Crippen LogP contribution >= 0.6 is 141 Å². The van der Waals surface area contributed by atoms with E-state index in [9.17, 15) is 18.6 Å². The molecule has 0 aliphatic rings. The fourth-order valence-corrected chi connectivity index (χ4v) is 16.0. The predicted octanol–water partition coefficient (Wildman–Crippen LogP) is 5.71. The normalized spacial score (nSPS) is 11.9. The van der Waals surface area contributed by atoms with Gasteiger partial charge in [0, 0.05) is 69.4 Å². The van der Waals surface area contributed by atoms with Gasteiger partial charge in [0.2, 0.25) is 0 Å². The number of carbonyl (C=O) groups excluding carboxylic acids is 3. The summed E-state index contributed by atoms with van der Waals surface area (Å²) in [6, 6.07) is 0. The fourth-order valence-electron chi connectivity index (χ4n) is 2.05. The smallest absolute Gasteiger partial charge is 0.315 e. The van der Waals surface area contributed by atoms with Gasteiger partial charge in [-0.2, -0.15) is 11.8 Å². The van der Waals surface area contributed by atoms with Crippen molar-refractivity contribution in [3.8, 4) is 0 Å². The number of rotatable bonds is 33. The predicted molar refractivity (Wildman–Crippen MR) is 213 cm³/mol. The van der Waals surface area contributed by atoms with Gasteiger partial charge in [-0.1, -0.05) is 11.8 Å². The first kappa shape index (κ1) is 45.9. The molecule has 0 aliphatic carbocycles. The van der Waals surface area contributed by atoms with Crippen molar-refractivity contribution in [1.82, 2.24) is 0 Å². The van der Waals surface area contributed by atoms with Crippen molar-refractivity contribution >= 4 is 169 Å². The molecule has 0 fully saturated rings. The third-order valence-corrected chi connectivity index (χ3v) is 19.3. The highest BCUT2D eigenvalue weighted by Gasteiger charge is 2.06. The SMILES string of the molecule is O=C(CSCSCSCCS(=O)CSCSCSCSC(=O)CSCSCSCC(=O)OCCSCO)OCCSCO. The first-order valence-corrected chi connectivity index (χ1v) is 27.6. The van der Waals surface area contributed by atoms with E-state index in [1.165, 1.54) is 58.8 Å². The van der Waals surface area contributed by atoms with E-state index in [4.69, 9.17) is 19.7 Å². The minimum absolute atomic E-state index is 0.0336. The van der Waals surface area contributed by atoms with Crippen LogP contribution in [0.5, 0.6) is 0 Å². The topological polar surface area (TPSA) is 127 Å². The zero-order chi connectivity index (χ0) is 31.6. The van der Waals surface area contributed by atoms with Gasteiger partial charge in [0.25, 0.3) is 0 Å². The number of hydrogen-bond acceptors (Lipinski definition) is 20. The number of aliphatic hydroxyl groups excluding tert-OH is 2. The second-order valence-electron chi connectivity index (χ2n) is 7.09. The van der Waals surface area contributed by atoms with Crippen LogP contribution in [0, 0.1) is 0 Å². The number of aliphatic hydroxyl groups is 2. The molecule has 21 heteroatoms. The van der Waals surface area contributed by atoms with Crippen molar-refractivity contribution in [2.75, 3.05) is 106 Å². The van der Waals surface area contributed by atoms with Gasteiger partial charge in [-0.25, -0.2) is 0 Å². The van der Waals surface area contributed by atoms with Gasteiger partial charge < -0.3 is 19.7 Å². The molecule has 1 unspecified atom stereocenters. The first-order valence-electron chi connectivity index (χ1n) is 12.4. The van der Waals surface area contributed by atoms with E-state index in [2.05, 4.69) is 0 Å². The van der Waals surface area contributed by atoms with Gasteiger partial charge in [-0.3, -0.25) is 18.6 Å². The van der Waals surface area contributed by atoms with Gasteiger partial charge in [0.05, 0.1) is 34.2 Å². The molecule has 43 heavy (non-hydrogen) atoms. The maximum absolute atomic E-state index is 12.1. The van der Waals surface area contributed by atoms with Crippen molar-refractivity contribution in [2.24, 2.45) is 0 Å². The average Bonchev–Trinajstić information content (AvgIpc) is 2.99. The molecule has 0 amide bonds. The lowest BCUT2D eigenvalue weighted by Crippen LogP contribution is -2.10. The quantitative estimate of drug-likeness (QED) is 0.0476. The molecule has 0 aromatic rings. The van der Waals surface area contributed by atoms with E-state index in [0.717, 1.165) is 41.3 Å². The Balaban J connectivity index is 3.35. The zero-order valence-electron chi connectivity index (χ0n) is 23.6. The molecule has 0 radical (unpaired) electrons. The summed E-state index contributed by atoms with van der Waals surface area (Å²) in [7, 11) is -0.819. The van der Waals surface area contributed by atoms with Crippen LogP contribution in [0.25, 0.3) is 0 Å². The molecule has 0 aliphatic heterocycles. The van der Waals surface area contributed by atoms with Gasteiger partial charge in [-0.05, 0) is 0 Å². The Bertz CT molecular complexity index is 712. The Morgan fingerprint density at radius 3 is 1.56 bits per heavy atom. The standard InChI is InChI=1S/C22H40O8S13/c23-10-31-3-1-29-20(25)7-34-13-37-12-33-5-6-43(28)19-41-17-39-16-40-18-42-22(27)9-36-15-38-14-35-8-21(26)30-2-4-32-11-24/h23-24H,1-19H2. The molecule has 8 nitrogen and oxygen atoms in total. The minimum Gasteiger partial charge on any atom is -0.464 e.